The normalized spacial score (nSPS) is 11.6. The fraction of sp³-hybridized carbons (Fsp3) is 0.538. The monoisotopic (exact) mass is 206 g/mol. The Balaban J connectivity index is 2.65. The molecule has 14 heavy (non-hydrogen) atoms. The molecule has 0 N–H and O–H groups in total. The number of benzene rings is 1. The van der Waals surface area contributed by atoms with E-state index in [2.05, 4.69) is 58.0 Å². The second kappa shape index (κ2) is 5.35. The molecule has 0 fully saturated rings. The molecule has 0 aliphatic rings. The van der Waals surface area contributed by atoms with Gasteiger partial charge in [-0.3, -0.25) is 0 Å². The molecule has 0 nitrogen and oxygen atoms in total. The summed E-state index contributed by atoms with van der Waals surface area (Å²) in [6.07, 6.45) is 0. The third-order valence-corrected chi connectivity index (χ3v) is 7.39. The highest BCUT2D eigenvalue weighted by Gasteiger charge is 2.19. The van der Waals surface area contributed by atoms with Crippen molar-refractivity contribution < 1.29 is 0 Å². The lowest BCUT2D eigenvalue weighted by Gasteiger charge is -2.23. The van der Waals surface area contributed by atoms with Gasteiger partial charge in [-0.15, -0.1) is 0 Å². The van der Waals surface area contributed by atoms with Crippen LogP contribution >= 0.6 is 0 Å². The minimum atomic E-state index is -0.607. The van der Waals surface area contributed by atoms with Crippen LogP contribution < -0.4 is 0 Å². The SMILES string of the molecule is CC(C)[SiH](Cc1ccccc1)C(C)C. The van der Waals surface area contributed by atoms with E-state index >= 15 is 0 Å². The molecule has 1 aromatic carbocycles. The molecule has 0 bridgehead atoms. The van der Waals surface area contributed by atoms with E-state index in [-0.39, 0.29) is 0 Å². The van der Waals surface area contributed by atoms with Crippen molar-refractivity contribution in [3.8, 4) is 0 Å². The van der Waals surface area contributed by atoms with E-state index in [1.165, 1.54) is 11.6 Å². The molecule has 0 heterocycles. The van der Waals surface area contributed by atoms with Crippen LogP contribution in [0, 0.1) is 0 Å². The molecule has 1 aromatic rings. The van der Waals surface area contributed by atoms with Crippen LogP contribution in [0.5, 0.6) is 0 Å². The molecular formula is C13H22Si. The van der Waals surface area contributed by atoms with Crippen molar-refractivity contribution in [2.45, 2.75) is 44.8 Å². The Morgan fingerprint density at radius 2 is 1.43 bits per heavy atom. The summed E-state index contributed by atoms with van der Waals surface area (Å²) in [5.41, 5.74) is 3.36. The fourth-order valence-electron chi connectivity index (χ4n) is 2.13. The van der Waals surface area contributed by atoms with Crippen molar-refractivity contribution in [3.05, 3.63) is 35.9 Å². The van der Waals surface area contributed by atoms with E-state index in [0.717, 1.165) is 11.1 Å². The maximum Gasteiger partial charge on any atom is 0.0464 e. The van der Waals surface area contributed by atoms with Gasteiger partial charge in [0.2, 0.25) is 0 Å². The Morgan fingerprint density at radius 3 is 1.86 bits per heavy atom. The van der Waals surface area contributed by atoms with Crippen LogP contribution in [0.2, 0.25) is 11.1 Å². The highest BCUT2D eigenvalue weighted by atomic mass is 28.3. The molecular weight excluding hydrogens is 184 g/mol. The predicted octanol–water partition coefficient (Wildman–Crippen LogP) is 3.82. The van der Waals surface area contributed by atoms with Crippen LogP contribution in [0.4, 0.5) is 0 Å². The van der Waals surface area contributed by atoms with Crippen molar-refractivity contribution in [2.75, 3.05) is 0 Å². The Hall–Kier alpha value is -0.563. The summed E-state index contributed by atoms with van der Waals surface area (Å²) in [6, 6.07) is 12.3. The maximum atomic E-state index is 2.39. The fourth-order valence-corrected chi connectivity index (χ4v) is 5.43. The molecule has 1 rings (SSSR count). The topological polar surface area (TPSA) is 0 Å². The van der Waals surface area contributed by atoms with E-state index in [4.69, 9.17) is 0 Å². The first-order chi connectivity index (χ1) is 6.61. The van der Waals surface area contributed by atoms with Crippen LogP contribution in [0.3, 0.4) is 0 Å². The van der Waals surface area contributed by atoms with E-state index in [1.807, 2.05) is 0 Å². The Bertz CT molecular complexity index is 243. The first-order valence-electron chi connectivity index (χ1n) is 5.65. The van der Waals surface area contributed by atoms with Crippen LogP contribution in [-0.2, 0) is 6.04 Å². The molecule has 0 amide bonds. The predicted molar refractivity (Wildman–Crippen MR) is 67.5 cm³/mol. The molecule has 0 atom stereocenters. The molecule has 0 saturated heterocycles. The maximum absolute atomic E-state index is 2.39. The van der Waals surface area contributed by atoms with Gasteiger partial charge in [-0.2, -0.15) is 0 Å². The molecule has 0 aliphatic carbocycles. The molecule has 0 spiro atoms. The standard InChI is InChI=1S/C13H22Si/c1-11(2)14(12(3)4)10-13-8-6-5-7-9-13/h5-9,11-12,14H,10H2,1-4H3. The van der Waals surface area contributed by atoms with Crippen LogP contribution in [0.1, 0.15) is 33.3 Å². The first-order valence-corrected chi connectivity index (χ1v) is 7.80. The lowest BCUT2D eigenvalue weighted by Crippen LogP contribution is -2.24. The molecule has 78 valence electrons. The first kappa shape index (κ1) is 11.5. The summed E-state index contributed by atoms with van der Waals surface area (Å²) < 4.78 is 0. The van der Waals surface area contributed by atoms with E-state index in [1.54, 1.807) is 0 Å². The van der Waals surface area contributed by atoms with Gasteiger partial charge < -0.3 is 0 Å². The largest absolute Gasteiger partial charge is 0.0654 e. The molecule has 0 unspecified atom stereocenters. The minimum Gasteiger partial charge on any atom is -0.0654 e. The van der Waals surface area contributed by atoms with Crippen molar-refractivity contribution in [1.29, 1.82) is 0 Å². The summed E-state index contributed by atoms with van der Waals surface area (Å²) in [5, 5.41) is 0. The zero-order chi connectivity index (χ0) is 10.6. The number of hydrogen-bond donors (Lipinski definition) is 0. The smallest absolute Gasteiger partial charge is 0.0464 e. The van der Waals surface area contributed by atoms with Gasteiger partial charge in [-0.25, -0.2) is 0 Å². The highest BCUT2D eigenvalue weighted by Crippen LogP contribution is 2.23. The van der Waals surface area contributed by atoms with Gasteiger partial charge in [0.05, 0.1) is 0 Å². The average Bonchev–Trinajstić information content (AvgIpc) is 2.15. The summed E-state index contributed by atoms with van der Waals surface area (Å²) in [4.78, 5) is 0. The van der Waals surface area contributed by atoms with Gasteiger partial charge in [0.25, 0.3) is 0 Å². The average molecular weight is 206 g/mol. The van der Waals surface area contributed by atoms with Crippen molar-refractivity contribution in [3.63, 3.8) is 0 Å². The zero-order valence-corrected chi connectivity index (χ0v) is 11.0. The zero-order valence-electron chi connectivity index (χ0n) is 9.83. The minimum absolute atomic E-state index is 0.607. The van der Waals surface area contributed by atoms with E-state index in [0.29, 0.717) is 0 Å². The van der Waals surface area contributed by atoms with Crippen LogP contribution in [0.25, 0.3) is 0 Å². The van der Waals surface area contributed by atoms with Crippen molar-refractivity contribution >= 4 is 8.80 Å². The van der Waals surface area contributed by atoms with E-state index < -0.39 is 8.80 Å². The van der Waals surface area contributed by atoms with Gasteiger partial charge in [-0.1, -0.05) is 74.7 Å². The van der Waals surface area contributed by atoms with Crippen LogP contribution in [-0.4, -0.2) is 8.80 Å². The number of rotatable bonds is 4. The molecule has 0 aromatic heterocycles. The Labute approximate surface area is 90.0 Å². The van der Waals surface area contributed by atoms with Crippen molar-refractivity contribution in [1.82, 2.24) is 0 Å². The summed E-state index contributed by atoms with van der Waals surface area (Å²) in [6.45, 7) is 9.55. The third-order valence-electron chi connectivity index (χ3n) is 3.03. The lowest BCUT2D eigenvalue weighted by molar-refractivity contribution is 0.919. The van der Waals surface area contributed by atoms with Gasteiger partial charge >= 0.3 is 0 Å². The van der Waals surface area contributed by atoms with Gasteiger partial charge in [0, 0.05) is 8.80 Å². The molecule has 1 heteroatoms. The Kier molecular flexibility index (Phi) is 4.40. The third kappa shape index (κ3) is 3.30. The summed E-state index contributed by atoms with van der Waals surface area (Å²) in [7, 11) is -0.607. The molecule has 0 radical (unpaired) electrons. The quantitative estimate of drug-likeness (QED) is 0.657. The Morgan fingerprint density at radius 1 is 0.929 bits per heavy atom. The number of hydrogen-bond acceptors (Lipinski definition) is 0. The highest BCUT2D eigenvalue weighted by molar-refractivity contribution is 6.61. The van der Waals surface area contributed by atoms with Gasteiger partial charge in [-0.05, 0) is 6.04 Å². The van der Waals surface area contributed by atoms with Gasteiger partial charge in [0.1, 0.15) is 0 Å². The van der Waals surface area contributed by atoms with Crippen LogP contribution in [0.15, 0.2) is 30.3 Å². The molecule has 0 saturated carbocycles. The summed E-state index contributed by atoms with van der Waals surface area (Å²) in [5.74, 6) is 0. The van der Waals surface area contributed by atoms with Gasteiger partial charge in [0.15, 0.2) is 0 Å². The van der Waals surface area contributed by atoms with Crippen molar-refractivity contribution in [2.24, 2.45) is 0 Å². The second-order valence-corrected chi connectivity index (χ2v) is 9.24. The molecule has 0 aliphatic heterocycles. The lowest BCUT2D eigenvalue weighted by atomic mass is 10.2. The summed E-state index contributed by atoms with van der Waals surface area (Å²) >= 11 is 0. The second-order valence-electron chi connectivity index (χ2n) is 4.84. The van der Waals surface area contributed by atoms with E-state index in [9.17, 15) is 0 Å².